The van der Waals surface area contributed by atoms with E-state index in [2.05, 4.69) is 67.3 Å². The van der Waals surface area contributed by atoms with Gasteiger partial charge in [0, 0.05) is 50.9 Å². The molecule has 0 spiro atoms. The Morgan fingerprint density at radius 3 is 2.14 bits per heavy atom. The van der Waals surface area contributed by atoms with Gasteiger partial charge in [-0.1, -0.05) is 71.8 Å². The molecule has 0 aromatic heterocycles. The van der Waals surface area contributed by atoms with Gasteiger partial charge in [-0.3, -0.25) is 9.59 Å². The van der Waals surface area contributed by atoms with E-state index in [0.29, 0.717) is 36.8 Å². The van der Waals surface area contributed by atoms with Crippen molar-refractivity contribution in [2.75, 3.05) is 44.2 Å². The molecule has 3 aromatic rings. The summed E-state index contributed by atoms with van der Waals surface area (Å²) in [5, 5.41) is 0.441. The number of anilines is 1. The van der Waals surface area contributed by atoms with Gasteiger partial charge >= 0.3 is 0 Å². The Labute approximate surface area is 218 Å². The number of halogens is 1. The summed E-state index contributed by atoms with van der Waals surface area (Å²) in [5.41, 5.74) is 5.26. The van der Waals surface area contributed by atoms with Crippen LogP contribution in [0.15, 0.2) is 72.8 Å². The molecule has 2 fully saturated rings. The highest BCUT2D eigenvalue weighted by molar-refractivity contribution is 6.33. The van der Waals surface area contributed by atoms with Crippen molar-refractivity contribution < 1.29 is 9.59 Å². The van der Waals surface area contributed by atoms with Crippen LogP contribution in [-0.4, -0.2) is 60.9 Å². The first kappa shape index (κ1) is 24.4. The lowest BCUT2D eigenvalue weighted by molar-refractivity contribution is -0.135. The Bertz CT molecular complexity index is 1250. The highest BCUT2D eigenvalue weighted by Crippen LogP contribution is 2.36. The van der Waals surface area contributed by atoms with Crippen LogP contribution in [0.3, 0.4) is 0 Å². The van der Waals surface area contributed by atoms with Crippen LogP contribution >= 0.6 is 11.6 Å². The molecule has 2 atom stereocenters. The first-order chi connectivity index (χ1) is 17.4. The van der Waals surface area contributed by atoms with Crippen LogP contribution in [0.25, 0.3) is 0 Å². The van der Waals surface area contributed by atoms with Crippen molar-refractivity contribution in [3.8, 4) is 0 Å². The average molecular weight is 502 g/mol. The van der Waals surface area contributed by atoms with Gasteiger partial charge < -0.3 is 14.7 Å². The minimum Gasteiger partial charge on any atom is -0.368 e. The average Bonchev–Trinajstić information content (AvgIpc) is 3.34. The highest BCUT2D eigenvalue weighted by atomic mass is 35.5. The Balaban J connectivity index is 1.35. The van der Waals surface area contributed by atoms with Crippen molar-refractivity contribution in [2.24, 2.45) is 5.92 Å². The van der Waals surface area contributed by atoms with Crippen molar-refractivity contribution in [3.63, 3.8) is 0 Å². The zero-order valence-electron chi connectivity index (χ0n) is 20.9. The first-order valence-electron chi connectivity index (χ1n) is 12.6. The molecule has 5 rings (SSSR count). The van der Waals surface area contributed by atoms with E-state index in [1.165, 1.54) is 16.8 Å². The number of piperazine rings is 1. The first-order valence-corrected chi connectivity index (χ1v) is 13.0. The second-order valence-corrected chi connectivity index (χ2v) is 10.3. The maximum Gasteiger partial charge on any atom is 0.255 e. The number of nitrogens with zero attached hydrogens (tertiary/aromatic N) is 3. The monoisotopic (exact) mass is 501 g/mol. The van der Waals surface area contributed by atoms with Crippen LogP contribution in [0.2, 0.25) is 5.02 Å². The summed E-state index contributed by atoms with van der Waals surface area (Å²) in [5.74, 6) is -0.292. The maximum absolute atomic E-state index is 13.9. The third kappa shape index (κ3) is 4.85. The number of amides is 2. The van der Waals surface area contributed by atoms with Crippen LogP contribution < -0.4 is 4.90 Å². The molecule has 2 saturated heterocycles. The van der Waals surface area contributed by atoms with Crippen molar-refractivity contribution in [3.05, 3.63) is 100 Å². The number of carbonyl (C=O) groups excluding carboxylic acids is 2. The molecule has 36 heavy (non-hydrogen) atoms. The van der Waals surface area contributed by atoms with Gasteiger partial charge in [0.25, 0.3) is 5.91 Å². The lowest BCUT2D eigenvalue weighted by Crippen LogP contribution is -2.51. The van der Waals surface area contributed by atoms with Gasteiger partial charge in [0.2, 0.25) is 5.91 Å². The van der Waals surface area contributed by atoms with Crippen molar-refractivity contribution in [1.82, 2.24) is 9.80 Å². The molecule has 2 aliphatic heterocycles. The van der Waals surface area contributed by atoms with E-state index < -0.39 is 0 Å². The normalized spacial score (nSPS) is 20.0. The molecule has 0 N–H and O–H groups in total. The number of para-hydroxylation sites is 1. The number of hydrogen-bond donors (Lipinski definition) is 0. The molecule has 5 nitrogen and oxygen atoms in total. The Kier molecular flexibility index (Phi) is 7.01. The fourth-order valence-electron chi connectivity index (χ4n) is 5.50. The minimum atomic E-state index is -0.274. The van der Waals surface area contributed by atoms with Gasteiger partial charge in [-0.05, 0) is 43.2 Å². The van der Waals surface area contributed by atoms with Crippen LogP contribution in [-0.2, 0) is 4.79 Å². The predicted octanol–water partition coefficient (Wildman–Crippen LogP) is 5.16. The molecule has 3 aromatic carbocycles. The molecule has 6 heteroatoms. The van der Waals surface area contributed by atoms with Crippen LogP contribution in [0.5, 0.6) is 0 Å². The Morgan fingerprint density at radius 2 is 1.44 bits per heavy atom. The summed E-state index contributed by atoms with van der Waals surface area (Å²) in [4.78, 5) is 33.4. The van der Waals surface area contributed by atoms with E-state index in [0.717, 1.165) is 18.7 Å². The van der Waals surface area contributed by atoms with Crippen molar-refractivity contribution in [1.29, 1.82) is 0 Å². The lowest BCUT2D eigenvalue weighted by atomic mass is 9.87. The summed E-state index contributed by atoms with van der Waals surface area (Å²) >= 11 is 6.34. The van der Waals surface area contributed by atoms with Gasteiger partial charge in [0.05, 0.1) is 16.5 Å². The Morgan fingerprint density at radius 1 is 0.778 bits per heavy atom. The van der Waals surface area contributed by atoms with Crippen molar-refractivity contribution in [2.45, 2.75) is 19.8 Å². The molecule has 0 saturated carbocycles. The minimum absolute atomic E-state index is 0.0427. The van der Waals surface area contributed by atoms with Gasteiger partial charge in [0.15, 0.2) is 0 Å². The maximum atomic E-state index is 13.9. The van der Waals surface area contributed by atoms with Crippen LogP contribution in [0, 0.1) is 19.8 Å². The zero-order chi connectivity index (χ0) is 25.2. The summed E-state index contributed by atoms with van der Waals surface area (Å²) < 4.78 is 0. The van der Waals surface area contributed by atoms with Crippen LogP contribution in [0.4, 0.5) is 5.69 Å². The third-order valence-electron chi connectivity index (χ3n) is 7.58. The van der Waals surface area contributed by atoms with Gasteiger partial charge in [-0.2, -0.15) is 0 Å². The van der Waals surface area contributed by atoms with Gasteiger partial charge in [0.1, 0.15) is 0 Å². The van der Waals surface area contributed by atoms with E-state index in [-0.39, 0.29) is 23.7 Å². The lowest BCUT2D eigenvalue weighted by Gasteiger charge is -2.38. The smallest absolute Gasteiger partial charge is 0.255 e. The van der Waals surface area contributed by atoms with E-state index >= 15 is 0 Å². The van der Waals surface area contributed by atoms with Gasteiger partial charge in [-0.15, -0.1) is 0 Å². The summed E-state index contributed by atoms with van der Waals surface area (Å²) in [6, 6.07) is 23.9. The Hall–Kier alpha value is -3.31. The molecule has 0 aliphatic carbocycles. The fraction of sp³-hybridized carbons (Fsp3) is 0.333. The molecule has 2 amide bonds. The highest BCUT2D eigenvalue weighted by Gasteiger charge is 2.43. The molecule has 0 bridgehead atoms. The number of rotatable bonds is 4. The molecule has 2 heterocycles. The molecular formula is C30H32ClN3O2. The second-order valence-electron chi connectivity index (χ2n) is 9.91. The van der Waals surface area contributed by atoms with Crippen molar-refractivity contribution >= 4 is 29.1 Å². The number of carbonyl (C=O) groups is 2. The summed E-state index contributed by atoms with van der Waals surface area (Å²) in [6.45, 7) is 8.07. The standard InChI is InChI=1S/C30H32ClN3O2/c1-21-11-13-23(14-12-21)25-19-34(29(35)24-8-4-5-9-27(24)31)20-26(25)30(36)33-17-15-32(16-18-33)28-10-6-3-7-22(28)2/h3-14,25-26H,15-20H2,1-2H3/t25-,26+/m0/s1. The predicted molar refractivity (Wildman–Crippen MR) is 145 cm³/mol. The molecular weight excluding hydrogens is 470 g/mol. The van der Waals surface area contributed by atoms with E-state index in [1.807, 2.05) is 17.0 Å². The topological polar surface area (TPSA) is 43.9 Å². The van der Waals surface area contributed by atoms with E-state index in [1.54, 1.807) is 17.0 Å². The molecule has 0 radical (unpaired) electrons. The summed E-state index contributed by atoms with van der Waals surface area (Å²) in [6.07, 6.45) is 0. The van der Waals surface area contributed by atoms with E-state index in [9.17, 15) is 9.59 Å². The molecule has 186 valence electrons. The number of likely N-dealkylation sites (tertiary alicyclic amines) is 1. The van der Waals surface area contributed by atoms with Gasteiger partial charge in [-0.25, -0.2) is 0 Å². The number of aryl methyl sites for hydroxylation is 2. The largest absolute Gasteiger partial charge is 0.368 e. The summed E-state index contributed by atoms with van der Waals surface area (Å²) in [7, 11) is 0. The number of benzene rings is 3. The van der Waals surface area contributed by atoms with E-state index in [4.69, 9.17) is 11.6 Å². The quantitative estimate of drug-likeness (QED) is 0.496. The fourth-order valence-corrected chi connectivity index (χ4v) is 5.71. The zero-order valence-corrected chi connectivity index (χ0v) is 21.6. The molecule has 0 unspecified atom stereocenters. The van der Waals surface area contributed by atoms with Crippen LogP contribution in [0.1, 0.15) is 33.0 Å². The number of hydrogen-bond acceptors (Lipinski definition) is 3. The third-order valence-corrected chi connectivity index (χ3v) is 7.91. The SMILES string of the molecule is Cc1ccc([C@@H]2CN(C(=O)c3ccccc3Cl)C[C@H]2C(=O)N2CCN(c3ccccc3C)CC2)cc1. The second kappa shape index (κ2) is 10.4. The molecule has 2 aliphatic rings.